The van der Waals surface area contributed by atoms with Crippen molar-refractivity contribution in [3.05, 3.63) is 35.8 Å². The summed E-state index contributed by atoms with van der Waals surface area (Å²) in [7, 11) is 1.65. The third kappa shape index (κ3) is 2.44. The van der Waals surface area contributed by atoms with E-state index in [1.165, 1.54) is 23.9 Å². The topological polar surface area (TPSA) is 81.4 Å². The lowest BCUT2D eigenvalue weighted by Crippen LogP contribution is -2.05. The second-order valence-electron chi connectivity index (χ2n) is 4.15. The highest BCUT2D eigenvalue weighted by Gasteiger charge is 2.19. The zero-order valence-electron chi connectivity index (χ0n) is 11.3. The van der Waals surface area contributed by atoms with E-state index in [0.29, 0.717) is 21.4 Å². The Morgan fingerprint density at radius 3 is 2.60 bits per heavy atom. The molecular formula is C13H14N2O4S. The first-order valence-corrected chi connectivity index (χ1v) is 6.92. The van der Waals surface area contributed by atoms with Crippen molar-refractivity contribution in [2.75, 3.05) is 7.11 Å². The van der Waals surface area contributed by atoms with Gasteiger partial charge in [0.1, 0.15) is 5.69 Å². The molecule has 1 N–H and O–H groups in total. The van der Waals surface area contributed by atoms with Crippen LogP contribution >= 0.6 is 0 Å². The molecule has 2 heterocycles. The number of rotatable bonds is 4. The van der Waals surface area contributed by atoms with Crippen LogP contribution in [0.25, 0.3) is 0 Å². The van der Waals surface area contributed by atoms with Crippen molar-refractivity contribution >= 4 is 16.8 Å². The maximum absolute atomic E-state index is 12.5. The average Bonchev–Trinajstić information content (AvgIpc) is 2.75. The summed E-state index contributed by atoms with van der Waals surface area (Å²) in [4.78, 5) is 16.0. The van der Waals surface area contributed by atoms with Gasteiger partial charge >= 0.3 is 5.97 Å². The fourth-order valence-corrected chi connectivity index (χ4v) is 3.01. The molecule has 0 aliphatic carbocycles. The van der Waals surface area contributed by atoms with E-state index < -0.39 is 16.8 Å². The molecule has 1 atom stereocenters. The Hall–Kier alpha value is -2.15. The Bertz CT molecular complexity index is 676. The predicted molar refractivity (Wildman–Crippen MR) is 72.6 cm³/mol. The molecular weight excluding hydrogens is 280 g/mol. The number of pyridine rings is 1. The Balaban J connectivity index is 2.42. The average molecular weight is 294 g/mol. The Morgan fingerprint density at radius 1 is 1.45 bits per heavy atom. The first-order valence-electron chi connectivity index (χ1n) is 5.77. The summed E-state index contributed by atoms with van der Waals surface area (Å²) in [6.07, 6.45) is 1.46. The number of carboxylic acids is 1. The minimum Gasteiger partial charge on any atom is -0.481 e. The largest absolute Gasteiger partial charge is 0.481 e. The molecule has 0 aromatic carbocycles. The van der Waals surface area contributed by atoms with Gasteiger partial charge in [-0.25, -0.2) is 14.0 Å². The van der Waals surface area contributed by atoms with E-state index in [2.05, 4.69) is 4.98 Å². The van der Waals surface area contributed by atoms with E-state index in [1.54, 1.807) is 26.1 Å². The molecule has 0 amide bonds. The number of carboxylic acid groups (broad SMARTS) is 1. The van der Waals surface area contributed by atoms with Gasteiger partial charge in [-0.15, -0.1) is 0 Å². The van der Waals surface area contributed by atoms with Crippen LogP contribution in [0.4, 0.5) is 0 Å². The molecule has 2 rings (SSSR count). The maximum atomic E-state index is 12.5. The van der Waals surface area contributed by atoms with Gasteiger partial charge < -0.3 is 14.4 Å². The Kier molecular flexibility index (Phi) is 3.89. The van der Waals surface area contributed by atoms with Crippen LogP contribution in [-0.2, 0) is 17.8 Å². The molecule has 0 saturated heterocycles. The van der Waals surface area contributed by atoms with E-state index in [0.717, 1.165) is 0 Å². The van der Waals surface area contributed by atoms with Crippen LogP contribution in [-0.4, -0.2) is 31.9 Å². The molecule has 106 valence electrons. The highest BCUT2D eigenvalue weighted by molar-refractivity contribution is 7.85. The molecule has 0 bridgehead atoms. The molecule has 6 nitrogen and oxygen atoms in total. The van der Waals surface area contributed by atoms with Gasteiger partial charge in [-0.1, -0.05) is 0 Å². The number of hydrogen-bond acceptors (Lipinski definition) is 4. The van der Waals surface area contributed by atoms with Crippen molar-refractivity contribution in [2.24, 2.45) is 7.05 Å². The molecule has 0 saturated carbocycles. The monoisotopic (exact) mass is 294 g/mol. The van der Waals surface area contributed by atoms with E-state index >= 15 is 0 Å². The third-order valence-corrected chi connectivity index (χ3v) is 4.52. The molecule has 2 aromatic rings. The van der Waals surface area contributed by atoms with Crippen molar-refractivity contribution in [3.8, 4) is 5.88 Å². The summed E-state index contributed by atoms with van der Waals surface area (Å²) in [6, 6.07) is 4.69. The van der Waals surface area contributed by atoms with E-state index in [9.17, 15) is 9.00 Å². The van der Waals surface area contributed by atoms with Crippen LogP contribution in [0.3, 0.4) is 0 Å². The molecule has 0 spiro atoms. The van der Waals surface area contributed by atoms with Gasteiger partial charge in [0.25, 0.3) is 0 Å². The van der Waals surface area contributed by atoms with Gasteiger partial charge in [0.2, 0.25) is 5.88 Å². The van der Waals surface area contributed by atoms with Crippen LogP contribution < -0.4 is 4.74 Å². The van der Waals surface area contributed by atoms with Gasteiger partial charge in [0, 0.05) is 25.0 Å². The van der Waals surface area contributed by atoms with Gasteiger partial charge in [0.15, 0.2) is 0 Å². The van der Waals surface area contributed by atoms with Crippen LogP contribution in [0.1, 0.15) is 16.2 Å². The number of aromatic nitrogens is 2. The normalized spacial score (nSPS) is 12.2. The summed E-state index contributed by atoms with van der Waals surface area (Å²) >= 11 is 0. The van der Waals surface area contributed by atoms with Gasteiger partial charge in [-0.2, -0.15) is 0 Å². The Labute approximate surface area is 118 Å². The second-order valence-corrected chi connectivity index (χ2v) is 5.60. The van der Waals surface area contributed by atoms with Crippen molar-refractivity contribution in [3.63, 3.8) is 0 Å². The van der Waals surface area contributed by atoms with Crippen LogP contribution in [0.2, 0.25) is 0 Å². The lowest BCUT2D eigenvalue weighted by Gasteiger charge is -2.04. The first kappa shape index (κ1) is 14.3. The smallest absolute Gasteiger partial charge is 0.352 e. The molecule has 0 aliphatic heterocycles. The number of nitrogens with zero attached hydrogens (tertiary/aromatic N) is 2. The van der Waals surface area contributed by atoms with Crippen molar-refractivity contribution in [2.45, 2.75) is 16.7 Å². The van der Waals surface area contributed by atoms with Crippen molar-refractivity contribution < 1.29 is 18.8 Å². The minimum atomic E-state index is -1.48. The summed E-state index contributed by atoms with van der Waals surface area (Å²) < 4.78 is 18.9. The zero-order chi connectivity index (χ0) is 14.9. The molecule has 0 aliphatic rings. The SMILES string of the molecule is COc1ccc(S(=O)c2cc(C(=O)O)n(C)c2C)cn1. The number of methoxy groups -OCH3 is 1. The summed E-state index contributed by atoms with van der Waals surface area (Å²) in [5.74, 6) is -0.617. The summed E-state index contributed by atoms with van der Waals surface area (Å²) in [6.45, 7) is 1.73. The predicted octanol–water partition coefficient (Wildman–Crippen LogP) is 1.60. The molecule has 1 unspecified atom stereocenters. The van der Waals surface area contributed by atoms with Gasteiger partial charge in [-0.05, 0) is 19.1 Å². The lowest BCUT2D eigenvalue weighted by molar-refractivity contribution is 0.0686. The Morgan fingerprint density at radius 2 is 2.15 bits per heavy atom. The number of ether oxygens (including phenoxy) is 1. The first-order chi connectivity index (χ1) is 9.45. The van der Waals surface area contributed by atoms with Crippen molar-refractivity contribution in [1.82, 2.24) is 9.55 Å². The number of aromatic carboxylic acids is 1. The van der Waals surface area contributed by atoms with E-state index in [4.69, 9.17) is 9.84 Å². The standard InChI is InChI=1S/C13H14N2O4S/c1-8-11(6-10(13(16)17)15(8)2)20(18)9-4-5-12(19-3)14-7-9/h4-7H,1-3H3,(H,16,17). The highest BCUT2D eigenvalue weighted by Crippen LogP contribution is 2.23. The molecule has 0 fully saturated rings. The lowest BCUT2D eigenvalue weighted by atomic mass is 10.4. The van der Waals surface area contributed by atoms with Crippen molar-refractivity contribution in [1.29, 1.82) is 0 Å². The van der Waals surface area contributed by atoms with Crippen LogP contribution in [0.5, 0.6) is 5.88 Å². The number of carbonyl (C=O) groups is 1. The zero-order valence-corrected chi connectivity index (χ0v) is 12.1. The number of hydrogen-bond donors (Lipinski definition) is 1. The van der Waals surface area contributed by atoms with E-state index in [1.807, 2.05) is 0 Å². The highest BCUT2D eigenvalue weighted by atomic mass is 32.2. The quantitative estimate of drug-likeness (QED) is 0.926. The minimum absolute atomic E-state index is 0.104. The summed E-state index contributed by atoms with van der Waals surface area (Å²) in [5.41, 5.74) is 0.754. The fourth-order valence-electron chi connectivity index (χ4n) is 1.79. The third-order valence-electron chi connectivity index (χ3n) is 3.04. The van der Waals surface area contributed by atoms with Gasteiger partial charge in [-0.3, -0.25) is 0 Å². The van der Waals surface area contributed by atoms with Crippen LogP contribution in [0.15, 0.2) is 34.2 Å². The maximum Gasteiger partial charge on any atom is 0.352 e. The van der Waals surface area contributed by atoms with Gasteiger partial charge in [0.05, 0.1) is 27.7 Å². The molecule has 7 heteroatoms. The molecule has 0 radical (unpaired) electrons. The van der Waals surface area contributed by atoms with Crippen LogP contribution in [0, 0.1) is 6.92 Å². The fraction of sp³-hybridized carbons (Fsp3) is 0.231. The van der Waals surface area contributed by atoms with E-state index in [-0.39, 0.29) is 5.69 Å². The molecule has 20 heavy (non-hydrogen) atoms. The summed E-state index contributed by atoms with van der Waals surface area (Å²) in [5, 5.41) is 9.08. The second kappa shape index (κ2) is 5.46. The molecule has 2 aromatic heterocycles.